The molecular weight excluding hydrogens is 382 g/mol. The summed E-state index contributed by atoms with van der Waals surface area (Å²) < 4.78 is 27.8. The molecule has 0 amide bonds. The number of nitrogens with zero attached hydrogens (tertiary/aromatic N) is 3. The highest BCUT2D eigenvalue weighted by atomic mass is 35.5. The van der Waals surface area contributed by atoms with E-state index in [2.05, 4.69) is 16.0 Å². The van der Waals surface area contributed by atoms with Crippen LogP contribution in [0.1, 0.15) is 24.0 Å². The average Bonchev–Trinajstić information content (AvgIpc) is 2.79. The van der Waals surface area contributed by atoms with Crippen molar-refractivity contribution in [1.29, 1.82) is 0 Å². The van der Waals surface area contributed by atoms with Crippen LogP contribution in [0.3, 0.4) is 0 Å². The highest BCUT2D eigenvalue weighted by Crippen LogP contribution is 2.35. The van der Waals surface area contributed by atoms with Gasteiger partial charge in [0, 0.05) is 37.1 Å². The Balaban J connectivity index is 1.42. The van der Waals surface area contributed by atoms with Crippen molar-refractivity contribution in [2.24, 2.45) is 5.92 Å². The fraction of sp³-hybridized carbons (Fsp3) is 0.450. The molecule has 0 bridgehead atoms. The number of sulfonamides is 1. The Bertz CT molecular complexity index is 874. The lowest BCUT2D eigenvalue weighted by Gasteiger charge is -2.21. The number of pyridine rings is 1. The number of hydrogen-bond acceptors (Lipinski definition) is 4. The first-order chi connectivity index (χ1) is 13.0. The van der Waals surface area contributed by atoms with Crippen LogP contribution in [0.25, 0.3) is 0 Å². The normalized spacial score (nSPS) is 25.8. The predicted octanol–water partition coefficient (Wildman–Crippen LogP) is 3.16. The third-order valence-corrected chi connectivity index (χ3v) is 8.29. The van der Waals surface area contributed by atoms with Crippen molar-refractivity contribution in [3.63, 3.8) is 0 Å². The summed E-state index contributed by atoms with van der Waals surface area (Å²) in [5.41, 5.74) is 2.16. The molecule has 2 aliphatic heterocycles. The minimum Gasteiger partial charge on any atom is -0.299 e. The Kier molecular flexibility index (Phi) is 5.50. The molecule has 2 saturated heterocycles. The lowest BCUT2D eigenvalue weighted by molar-refractivity contribution is 0.266. The van der Waals surface area contributed by atoms with Crippen LogP contribution in [-0.4, -0.2) is 47.5 Å². The highest BCUT2D eigenvalue weighted by molar-refractivity contribution is 7.90. The molecule has 5 nitrogen and oxygen atoms in total. The van der Waals surface area contributed by atoms with Gasteiger partial charge in [-0.2, -0.15) is 4.31 Å². The minimum absolute atomic E-state index is 0.209. The van der Waals surface area contributed by atoms with E-state index < -0.39 is 10.0 Å². The maximum Gasteiger partial charge on any atom is 0.217 e. The number of halogens is 1. The summed E-state index contributed by atoms with van der Waals surface area (Å²) in [5, 5.41) is 0.408. The minimum atomic E-state index is -3.25. The van der Waals surface area contributed by atoms with Gasteiger partial charge in [-0.25, -0.2) is 8.42 Å². The monoisotopic (exact) mass is 405 g/mol. The lowest BCUT2D eigenvalue weighted by Crippen LogP contribution is -2.31. The number of rotatable bonds is 4. The van der Waals surface area contributed by atoms with E-state index in [1.165, 1.54) is 5.56 Å². The van der Waals surface area contributed by atoms with E-state index in [-0.39, 0.29) is 11.2 Å². The summed E-state index contributed by atoms with van der Waals surface area (Å²) in [7, 11) is -3.25. The molecule has 27 heavy (non-hydrogen) atoms. The van der Waals surface area contributed by atoms with Gasteiger partial charge < -0.3 is 0 Å². The number of benzene rings is 1. The van der Waals surface area contributed by atoms with Gasteiger partial charge in [0.25, 0.3) is 0 Å². The van der Waals surface area contributed by atoms with Crippen molar-refractivity contribution >= 4 is 21.6 Å². The van der Waals surface area contributed by atoms with Gasteiger partial charge in [-0.1, -0.05) is 29.8 Å². The largest absolute Gasteiger partial charge is 0.299 e. The summed E-state index contributed by atoms with van der Waals surface area (Å²) >= 11 is 5.93. The summed E-state index contributed by atoms with van der Waals surface area (Å²) in [4.78, 5) is 6.53. The quantitative estimate of drug-likeness (QED) is 0.784. The van der Waals surface area contributed by atoms with Gasteiger partial charge in [-0.3, -0.25) is 9.88 Å². The molecule has 144 valence electrons. The van der Waals surface area contributed by atoms with Crippen LogP contribution in [-0.2, 0) is 23.1 Å². The van der Waals surface area contributed by atoms with Crippen molar-refractivity contribution in [3.05, 3.63) is 64.9 Å². The topological polar surface area (TPSA) is 53.5 Å². The first kappa shape index (κ1) is 18.9. The van der Waals surface area contributed by atoms with Gasteiger partial charge in [0.1, 0.15) is 0 Å². The third kappa shape index (κ3) is 4.19. The molecule has 0 spiro atoms. The van der Waals surface area contributed by atoms with Crippen LogP contribution in [0.5, 0.6) is 0 Å². The standard InChI is InChI=1S/C20H24ClN3O2S/c21-19-5-3-16(4-6-19)14-24-15-18-7-10-23(11-8-20(18)27(24,25)26)13-17-2-1-9-22-12-17/h1-6,9,12,18,20H,7-8,10-11,13-15H2/t18-,20-/m1/s1. The molecule has 0 aliphatic carbocycles. The van der Waals surface area contributed by atoms with Crippen molar-refractivity contribution in [3.8, 4) is 0 Å². The predicted molar refractivity (Wildman–Crippen MR) is 107 cm³/mol. The molecule has 0 N–H and O–H groups in total. The molecule has 0 radical (unpaired) electrons. The van der Waals surface area contributed by atoms with Gasteiger partial charge in [-0.15, -0.1) is 0 Å². The molecule has 1 aromatic heterocycles. The van der Waals surface area contributed by atoms with E-state index in [1.807, 2.05) is 36.5 Å². The maximum absolute atomic E-state index is 13.1. The second kappa shape index (κ2) is 7.87. The van der Waals surface area contributed by atoms with Crippen molar-refractivity contribution < 1.29 is 8.42 Å². The van der Waals surface area contributed by atoms with Crippen LogP contribution in [0.2, 0.25) is 5.02 Å². The second-order valence-corrected chi connectivity index (χ2v) is 10.1. The molecular formula is C20H24ClN3O2S. The zero-order chi connectivity index (χ0) is 18.9. The van der Waals surface area contributed by atoms with Crippen LogP contribution in [0, 0.1) is 5.92 Å². The Morgan fingerprint density at radius 1 is 1.04 bits per heavy atom. The number of fused-ring (bicyclic) bond motifs is 1. The molecule has 7 heteroatoms. The Morgan fingerprint density at radius 2 is 1.81 bits per heavy atom. The number of aromatic nitrogens is 1. The molecule has 1 aromatic carbocycles. The van der Waals surface area contributed by atoms with Gasteiger partial charge in [0.2, 0.25) is 10.0 Å². The first-order valence-corrected chi connectivity index (χ1v) is 11.2. The van der Waals surface area contributed by atoms with Crippen molar-refractivity contribution in [1.82, 2.24) is 14.2 Å². The second-order valence-electron chi connectivity index (χ2n) is 7.48. The zero-order valence-electron chi connectivity index (χ0n) is 15.2. The number of hydrogen-bond donors (Lipinski definition) is 0. The van der Waals surface area contributed by atoms with Crippen molar-refractivity contribution in [2.45, 2.75) is 31.2 Å². The first-order valence-electron chi connectivity index (χ1n) is 9.37. The Hall–Kier alpha value is -1.47. The van der Waals surface area contributed by atoms with Gasteiger partial charge in [0.05, 0.1) is 5.25 Å². The molecule has 0 unspecified atom stereocenters. The average molecular weight is 406 g/mol. The van der Waals surface area contributed by atoms with E-state index in [1.54, 1.807) is 10.5 Å². The van der Waals surface area contributed by atoms with E-state index in [9.17, 15) is 8.42 Å². The molecule has 2 atom stereocenters. The van der Waals surface area contributed by atoms with E-state index >= 15 is 0 Å². The molecule has 0 saturated carbocycles. The molecule has 3 heterocycles. The Morgan fingerprint density at radius 3 is 2.56 bits per heavy atom. The molecule has 2 fully saturated rings. The van der Waals surface area contributed by atoms with E-state index in [0.717, 1.165) is 31.6 Å². The van der Waals surface area contributed by atoms with Crippen LogP contribution in [0.4, 0.5) is 0 Å². The summed E-state index contributed by atoms with van der Waals surface area (Å²) in [6, 6.07) is 11.5. The van der Waals surface area contributed by atoms with Crippen molar-refractivity contribution in [2.75, 3.05) is 19.6 Å². The fourth-order valence-electron chi connectivity index (χ4n) is 4.21. The smallest absolute Gasteiger partial charge is 0.217 e. The summed E-state index contributed by atoms with van der Waals surface area (Å²) in [6.45, 7) is 3.63. The number of likely N-dealkylation sites (tertiary alicyclic amines) is 1. The Labute approximate surface area is 166 Å². The SMILES string of the molecule is O=S1(=O)[C@@H]2CCN(Cc3cccnc3)CC[C@@H]2CN1Cc1ccc(Cl)cc1. The summed E-state index contributed by atoms with van der Waals surface area (Å²) in [6.07, 6.45) is 5.28. The maximum atomic E-state index is 13.1. The lowest BCUT2D eigenvalue weighted by atomic mass is 10.0. The molecule has 2 aromatic rings. The third-order valence-electron chi connectivity index (χ3n) is 5.65. The fourth-order valence-corrected chi connectivity index (χ4v) is 6.55. The van der Waals surface area contributed by atoms with Gasteiger partial charge in [0.15, 0.2) is 0 Å². The van der Waals surface area contributed by atoms with Gasteiger partial charge in [-0.05, 0) is 61.2 Å². The van der Waals surface area contributed by atoms with E-state index in [0.29, 0.717) is 24.5 Å². The van der Waals surface area contributed by atoms with Crippen LogP contribution < -0.4 is 0 Å². The molecule has 4 rings (SSSR count). The van der Waals surface area contributed by atoms with Gasteiger partial charge >= 0.3 is 0 Å². The van der Waals surface area contributed by atoms with E-state index in [4.69, 9.17) is 11.6 Å². The highest BCUT2D eigenvalue weighted by Gasteiger charge is 2.46. The van der Waals surface area contributed by atoms with Crippen LogP contribution in [0.15, 0.2) is 48.8 Å². The summed E-state index contributed by atoms with van der Waals surface area (Å²) in [5.74, 6) is 0.209. The molecule has 2 aliphatic rings. The van der Waals surface area contributed by atoms with Crippen LogP contribution >= 0.6 is 11.6 Å². The zero-order valence-corrected chi connectivity index (χ0v) is 16.7.